The fraction of sp³-hybridized carbons (Fsp3) is 0.538. The van der Waals surface area contributed by atoms with Gasteiger partial charge in [-0.1, -0.05) is 31.4 Å². The maximum atomic E-state index is 5.74. The van der Waals surface area contributed by atoms with Crippen LogP contribution in [0.5, 0.6) is 0 Å². The minimum atomic E-state index is 0.722. The molecule has 1 aliphatic rings. The average Bonchev–Trinajstić information content (AvgIpc) is 2.28. The number of benzene rings is 1. The molecule has 2 rings (SSSR count). The molecule has 0 amide bonds. The maximum absolute atomic E-state index is 5.74. The van der Waals surface area contributed by atoms with E-state index in [4.69, 9.17) is 5.73 Å². The highest BCUT2D eigenvalue weighted by Gasteiger charge is 2.11. The van der Waals surface area contributed by atoms with E-state index >= 15 is 0 Å². The zero-order valence-electron chi connectivity index (χ0n) is 9.21. The van der Waals surface area contributed by atoms with Crippen molar-refractivity contribution in [2.45, 2.75) is 44.7 Å². The Kier molecular flexibility index (Phi) is 3.62. The first-order chi connectivity index (χ1) is 7.34. The van der Waals surface area contributed by atoms with E-state index in [1.54, 1.807) is 0 Å². The van der Waals surface area contributed by atoms with Crippen LogP contribution in [0.2, 0.25) is 0 Å². The minimum Gasteiger partial charge on any atom is -0.399 e. The first-order valence-corrected chi connectivity index (χ1v) is 5.92. The summed E-state index contributed by atoms with van der Waals surface area (Å²) in [4.78, 5) is 0. The molecule has 1 saturated carbocycles. The Morgan fingerprint density at radius 3 is 2.73 bits per heavy atom. The highest BCUT2D eigenvalue weighted by molar-refractivity contribution is 5.40. The summed E-state index contributed by atoms with van der Waals surface area (Å²) in [6.07, 6.45) is 6.85. The van der Waals surface area contributed by atoms with E-state index in [9.17, 15) is 0 Å². The maximum Gasteiger partial charge on any atom is 0.0317 e. The molecule has 0 aromatic heterocycles. The summed E-state index contributed by atoms with van der Waals surface area (Å²) in [6, 6.07) is 8.86. The molecule has 2 heteroatoms. The van der Waals surface area contributed by atoms with Crippen molar-refractivity contribution in [3.05, 3.63) is 29.8 Å². The van der Waals surface area contributed by atoms with Crippen molar-refractivity contribution in [1.82, 2.24) is 5.32 Å². The van der Waals surface area contributed by atoms with Gasteiger partial charge in [-0.25, -0.2) is 0 Å². The van der Waals surface area contributed by atoms with E-state index in [0.29, 0.717) is 0 Å². The van der Waals surface area contributed by atoms with Gasteiger partial charge < -0.3 is 11.1 Å². The Morgan fingerprint density at radius 2 is 2.00 bits per heavy atom. The van der Waals surface area contributed by atoms with Gasteiger partial charge in [0.15, 0.2) is 0 Å². The van der Waals surface area contributed by atoms with Crippen molar-refractivity contribution in [2.75, 3.05) is 5.73 Å². The zero-order valence-corrected chi connectivity index (χ0v) is 9.21. The number of nitrogens with one attached hydrogen (secondary N) is 1. The first-order valence-electron chi connectivity index (χ1n) is 5.92. The van der Waals surface area contributed by atoms with E-state index < -0.39 is 0 Å². The second kappa shape index (κ2) is 5.17. The Balaban J connectivity index is 1.81. The molecular formula is C13H20N2. The van der Waals surface area contributed by atoms with Crippen molar-refractivity contribution in [2.24, 2.45) is 0 Å². The molecule has 0 radical (unpaired) electrons. The number of hydrogen-bond donors (Lipinski definition) is 2. The summed E-state index contributed by atoms with van der Waals surface area (Å²) in [7, 11) is 0. The van der Waals surface area contributed by atoms with Crippen molar-refractivity contribution in [3.8, 4) is 0 Å². The highest BCUT2D eigenvalue weighted by atomic mass is 14.9. The molecule has 1 aromatic carbocycles. The number of hydrogen-bond acceptors (Lipinski definition) is 2. The molecule has 1 aliphatic carbocycles. The van der Waals surface area contributed by atoms with Crippen molar-refractivity contribution >= 4 is 5.69 Å². The quantitative estimate of drug-likeness (QED) is 0.743. The van der Waals surface area contributed by atoms with Gasteiger partial charge in [0.05, 0.1) is 0 Å². The molecule has 3 N–H and O–H groups in total. The molecule has 0 aliphatic heterocycles. The van der Waals surface area contributed by atoms with Crippen LogP contribution in [-0.4, -0.2) is 6.04 Å². The van der Waals surface area contributed by atoms with Gasteiger partial charge in [-0.15, -0.1) is 0 Å². The first kappa shape index (κ1) is 10.5. The summed E-state index contributed by atoms with van der Waals surface area (Å²) in [5, 5.41) is 3.61. The van der Waals surface area contributed by atoms with Crippen LogP contribution in [0.25, 0.3) is 0 Å². The van der Waals surface area contributed by atoms with Crippen LogP contribution in [0, 0.1) is 0 Å². The van der Waals surface area contributed by atoms with E-state index in [1.165, 1.54) is 37.7 Å². The molecular weight excluding hydrogens is 184 g/mol. The average molecular weight is 204 g/mol. The molecule has 0 bridgehead atoms. The van der Waals surface area contributed by atoms with Gasteiger partial charge in [-0.3, -0.25) is 0 Å². The minimum absolute atomic E-state index is 0.722. The van der Waals surface area contributed by atoms with Crippen LogP contribution >= 0.6 is 0 Å². The third kappa shape index (κ3) is 3.24. The third-order valence-electron chi connectivity index (χ3n) is 3.15. The van der Waals surface area contributed by atoms with Crippen LogP contribution in [0.4, 0.5) is 5.69 Å². The van der Waals surface area contributed by atoms with Gasteiger partial charge in [0.2, 0.25) is 0 Å². The fourth-order valence-electron chi connectivity index (χ4n) is 2.27. The van der Waals surface area contributed by atoms with E-state index in [-0.39, 0.29) is 0 Å². The molecule has 15 heavy (non-hydrogen) atoms. The smallest absolute Gasteiger partial charge is 0.0317 e. The molecule has 0 atom stereocenters. The monoisotopic (exact) mass is 204 g/mol. The van der Waals surface area contributed by atoms with E-state index in [1.807, 2.05) is 12.1 Å². The SMILES string of the molecule is Nc1cccc(CNC2CCCCC2)c1. The fourth-order valence-corrected chi connectivity index (χ4v) is 2.27. The third-order valence-corrected chi connectivity index (χ3v) is 3.15. The second-order valence-electron chi connectivity index (χ2n) is 4.46. The lowest BCUT2D eigenvalue weighted by Crippen LogP contribution is -2.30. The molecule has 0 spiro atoms. The molecule has 82 valence electrons. The Labute approximate surface area is 91.9 Å². The summed E-state index contributed by atoms with van der Waals surface area (Å²) < 4.78 is 0. The zero-order chi connectivity index (χ0) is 10.5. The van der Waals surface area contributed by atoms with Crippen molar-refractivity contribution in [1.29, 1.82) is 0 Å². The van der Waals surface area contributed by atoms with Gasteiger partial charge in [0, 0.05) is 18.3 Å². The topological polar surface area (TPSA) is 38.0 Å². The largest absolute Gasteiger partial charge is 0.399 e. The lowest BCUT2D eigenvalue weighted by molar-refractivity contribution is 0.372. The van der Waals surface area contributed by atoms with Gasteiger partial charge in [-0.2, -0.15) is 0 Å². The molecule has 1 fully saturated rings. The predicted molar refractivity (Wildman–Crippen MR) is 64.6 cm³/mol. The molecule has 2 nitrogen and oxygen atoms in total. The molecule has 0 saturated heterocycles. The number of anilines is 1. The highest BCUT2D eigenvalue weighted by Crippen LogP contribution is 2.18. The van der Waals surface area contributed by atoms with Crippen LogP contribution in [0.15, 0.2) is 24.3 Å². The van der Waals surface area contributed by atoms with Gasteiger partial charge in [-0.05, 0) is 30.5 Å². The standard InChI is InChI=1S/C13H20N2/c14-12-6-4-5-11(9-12)10-15-13-7-2-1-3-8-13/h4-6,9,13,15H,1-3,7-8,10,14H2. The molecule has 0 unspecified atom stereocenters. The van der Waals surface area contributed by atoms with Crippen LogP contribution in [0.3, 0.4) is 0 Å². The van der Waals surface area contributed by atoms with E-state index in [0.717, 1.165) is 18.3 Å². The predicted octanol–water partition coefficient (Wildman–Crippen LogP) is 2.69. The molecule has 0 heterocycles. The van der Waals surface area contributed by atoms with Crippen molar-refractivity contribution in [3.63, 3.8) is 0 Å². The van der Waals surface area contributed by atoms with Crippen LogP contribution in [0.1, 0.15) is 37.7 Å². The Hall–Kier alpha value is -1.02. The number of nitrogens with two attached hydrogens (primary N) is 1. The van der Waals surface area contributed by atoms with Gasteiger partial charge >= 0.3 is 0 Å². The number of nitrogen functional groups attached to an aromatic ring is 1. The summed E-state index contributed by atoms with van der Waals surface area (Å²) in [5.74, 6) is 0. The van der Waals surface area contributed by atoms with Crippen LogP contribution < -0.4 is 11.1 Å². The lowest BCUT2D eigenvalue weighted by Gasteiger charge is -2.22. The van der Waals surface area contributed by atoms with E-state index in [2.05, 4.69) is 17.4 Å². The normalized spacial score (nSPS) is 17.9. The Bertz CT molecular complexity index is 303. The van der Waals surface area contributed by atoms with Crippen molar-refractivity contribution < 1.29 is 0 Å². The second-order valence-corrected chi connectivity index (χ2v) is 4.46. The van der Waals surface area contributed by atoms with Gasteiger partial charge in [0.1, 0.15) is 0 Å². The lowest BCUT2D eigenvalue weighted by atomic mass is 9.95. The molecule has 1 aromatic rings. The summed E-state index contributed by atoms with van der Waals surface area (Å²) in [5.41, 5.74) is 7.89. The van der Waals surface area contributed by atoms with Gasteiger partial charge in [0.25, 0.3) is 0 Å². The van der Waals surface area contributed by atoms with Crippen LogP contribution in [-0.2, 0) is 6.54 Å². The summed E-state index contributed by atoms with van der Waals surface area (Å²) in [6.45, 7) is 0.954. The number of rotatable bonds is 3. The summed E-state index contributed by atoms with van der Waals surface area (Å²) >= 11 is 0. The Morgan fingerprint density at radius 1 is 1.20 bits per heavy atom.